The first-order chi connectivity index (χ1) is 10.9. The van der Waals surface area contributed by atoms with Gasteiger partial charge in [-0.25, -0.2) is 4.98 Å². The summed E-state index contributed by atoms with van der Waals surface area (Å²) in [4.78, 5) is 17.2. The number of hydrogen-bond donors (Lipinski definition) is 1. The molecule has 1 unspecified atom stereocenters. The largest absolute Gasteiger partial charge is 0.305 e. The molecule has 2 heterocycles. The molecular weight excluding hydrogens is 308 g/mol. The number of fused-ring (bicyclic) bond motifs is 1. The van der Waals surface area contributed by atoms with Crippen molar-refractivity contribution < 1.29 is 0 Å². The zero-order chi connectivity index (χ0) is 16.6. The van der Waals surface area contributed by atoms with E-state index in [0.29, 0.717) is 11.5 Å². The Kier molecular flexibility index (Phi) is 4.28. The highest BCUT2D eigenvalue weighted by Gasteiger charge is 2.11. The third kappa shape index (κ3) is 3.33. The second-order valence-corrected chi connectivity index (χ2v) is 7.02. The molecule has 1 atom stereocenters. The minimum atomic E-state index is -0.129. The Balaban J connectivity index is 1.80. The molecule has 0 fully saturated rings. The van der Waals surface area contributed by atoms with Crippen molar-refractivity contribution in [1.29, 1.82) is 0 Å². The van der Waals surface area contributed by atoms with Crippen LogP contribution in [0.3, 0.4) is 0 Å². The van der Waals surface area contributed by atoms with Crippen molar-refractivity contribution in [3.8, 4) is 0 Å². The molecule has 0 aliphatic heterocycles. The zero-order valence-electron chi connectivity index (χ0n) is 13.8. The van der Waals surface area contributed by atoms with Gasteiger partial charge in [-0.2, -0.15) is 9.61 Å². The number of aromatic nitrogens is 3. The van der Waals surface area contributed by atoms with E-state index in [0.717, 1.165) is 10.7 Å². The summed E-state index contributed by atoms with van der Waals surface area (Å²) in [5, 5.41) is 8.45. The summed E-state index contributed by atoms with van der Waals surface area (Å²) >= 11 is 1.43. The van der Waals surface area contributed by atoms with Crippen molar-refractivity contribution in [2.45, 2.75) is 40.3 Å². The summed E-state index contributed by atoms with van der Waals surface area (Å²) in [6.45, 7) is 8.77. The Morgan fingerprint density at radius 1 is 1.26 bits per heavy atom. The van der Waals surface area contributed by atoms with Crippen molar-refractivity contribution in [2.24, 2.45) is 0 Å². The predicted molar refractivity (Wildman–Crippen MR) is 93.0 cm³/mol. The molecule has 0 saturated carbocycles. The van der Waals surface area contributed by atoms with E-state index >= 15 is 0 Å². The van der Waals surface area contributed by atoms with Crippen molar-refractivity contribution >= 4 is 16.3 Å². The van der Waals surface area contributed by atoms with Crippen molar-refractivity contribution in [1.82, 2.24) is 19.9 Å². The van der Waals surface area contributed by atoms with E-state index in [2.05, 4.69) is 54.4 Å². The lowest BCUT2D eigenvalue weighted by Gasteiger charge is -2.17. The Morgan fingerprint density at radius 2 is 2.04 bits per heavy atom. The third-order valence-electron chi connectivity index (χ3n) is 3.89. The maximum Gasteiger partial charge on any atom is 0.275 e. The van der Waals surface area contributed by atoms with Crippen LogP contribution in [-0.2, 0) is 6.54 Å². The Labute approximate surface area is 139 Å². The van der Waals surface area contributed by atoms with Crippen molar-refractivity contribution in [2.75, 3.05) is 0 Å². The number of nitrogens with zero attached hydrogens (tertiary/aromatic N) is 3. The van der Waals surface area contributed by atoms with Crippen LogP contribution in [0.1, 0.15) is 40.4 Å². The van der Waals surface area contributed by atoms with Gasteiger partial charge in [0.1, 0.15) is 5.01 Å². The first kappa shape index (κ1) is 15.8. The molecule has 3 aromatic rings. The van der Waals surface area contributed by atoms with Gasteiger partial charge in [-0.05, 0) is 38.8 Å². The molecule has 120 valence electrons. The monoisotopic (exact) mass is 328 g/mol. The SMILES string of the molecule is Cc1ccc(C)c(C(C)NCc2cc(=O)n3nc(C)sc3n2)c1. The van der Waals surface area contributed by atoms with Gasteiger partial charge in [0.2, 0.25) is 4.96 Å². The number of aryl methyl sites for hydroxylation is 3. The minimum Gasteiger partial charge on any atom is -0.305 e. The second kappa shape index (κ2) is 6.22. The Hall–Kier alpha value is -2.05. The van der Waals surface area contributed by atoms with Crippen LogP contribution in [0.2, 0.25) is 0 Å². The molecule has 3 rings (SSSR count). The van der Waals surface area contributed by atoms with E-state index in [1.54, 1.807) is 6.07 Å². The van der Waals surface area contributed by atoms with E-state index in [4.69, 9.17) is 0 Å². The third-order valence-corrected chi connectivity index (χ3v) is 4.71. The van der Waals surface area contributed by atoms with Crippen LogP contribution in [0, 0.1) is 20.8 Å². The maximum absolute atomic E-state index is 12.1. The Morgan fingerprint density at radius 3 is 2.83 bits per heavy atom. The molecule has 1 N–H and O–H groups in total. The molecule has 0 aliphatic rings. The molecule has 0 radical (unpaired) electrons. The number of benzene rings is 1. The summed E-state index contributed by atoms with van der Waals surface area (Å²) in [6.07, 6.45) is 0. The first-order valence-electron chi connectivity index (χ1n) is 7.61. The zero-order valence-corrected chi connectivity index (χ0v) is 14.6. The highest BCUT2D eigenvalue weighted by Crippen LogP contribution is 2.19. The smallest absolute Gasteiger partial charge is 0.275 e. The molecule has 1 aromatic carbocycles. The average Bonchev–Trinajstić information content (AvgIpc) is 2.88. The molecular formula is C17H20N4OS. The van der Waals surface area contributed by atoms with Gasteiger partial charge in [0.05, 0.1) is 5.69 Å². The molecule has 2 aromatic heterocycles. The molecule has 6 heteroatoms. The van der Waals surface area contributed by atoms with Gasteiger partial charge in [-0.3, -0.25) is 4.79 Å². The van der Waals surface area contributed by atoms with Crippen LogP contribution in [0.25, 0.3) is 4.96 Å². The predicted octanol–water partition coefficient (Wildman–Crippen LogP) is 2.93. The lowest BCUT2D eigenvalue weighted by molar-refractivity contribution is 0.564. The summed E-state index contributed by atoms with van der Waals surface area (Å²) in [7, 11) is 0. The lowest BCUT2D eigenvalue weighted by atomic mass is 10.00. The van der Waals surface area contributed by atoms with Gasteiger partial charge in [-0.1, -0.05) is 35.1 Å². The molecule has 0 amide bonds. The van der Waals surface area contributed by atoms with Crippen LogP contribution in [0.5, 0.6) is 0 Å². The van der Waals surface area contributed by atoms with Crippen molar-refractivity contribution in [3.63, 3.8) is 0 Å². The van der Waals surface area contributed by atoms with Gasteiger partial charge in [0.15, 0.2) is 0 Å². The van der Waals surface area contributed by atoms with Crippen LogP contribution < -0.4 is 10.9 Å². The van der Waals surface area contributed by atoms with Crippen LogP contribution in [0.15, 0.2) is 29.1 Å². The van der Waals surface area contributed by atoms with E-state index < -0.39 is 0 Å². The van der Waals surface area contributed by atoms with Crippen LogP contribution >= 0.6 is 11.3 Å². The average molecular weight is 328 g/mol. The standard InChI is InChI=1S/C17H20N4OS/c1-10-5-6-11(2)15(7-10)12(3)18-9-14-8-16(22)21-17(19-14)23-13(4)20-21/h5-8,12,18H,9H2,1-4H3. The summed E-state index contributed by atoms with van der Waals surface area (Å²) in [6, 6.07) is 8.20. The second-order valence-electron chi connectivity index (χ2n) is 5.86. The lowest BCUT2D eigenvalue weighted by Crippen LogP contribution is -2.22. The van der Waals surface area contributed by atoms with Crippen LogP contribution in [-0.4, -0.2) is 14.6 Å². The van der Waals surface area contributed by atoms with E-state index in [1.165, 1.54) is 32.5 Å². The van der Waals surface area contributed by atoms with Crippen LogP contribution in [0.4, 0.5) is 0 Å². The number of hydrogen-bond acceptors (Lipinski definition) is 5. The fourth-order valence-electron chi connectivity index (χ4n) is 2.64. The molecule has 23 heavy (non-hydrogen) atoms. The Bertz CT molecular complexity index is 913. The molecule has 5 nitrogen and oxygen atoms in total. The van der Waals surface area contributed by atoms with Gasteiger partial charge < -0.3 is 5.32 Å². The molecule has 0 saturated heterocycles. The number of rotatable bonds is 4. The van der Waals surface area contributed by atoms with E-state index in [-0.39, 0.29) is 11.6 Å². The van der Waals surface area contributed by atoms with Gasteiger partial charge in [-0.15, -0.1) is 0 Å². The topological polar surface area (TPSA) is 59.3 Å². The fourth-order valence-corrected chi connectivity index (χ4v) is 3.40. The molecule has 0 spiro atoms. The summed E-state index contributed by atoms with van der Waals surface area (Å²) in [5.74, 6) is 0. The summed E-state index contributed by atoms with van der Waals surface area (Å²) in [5.41, 5.74) is 4.40. The minimum absolute atomic E-state index is 0.129. The molecule has 0 aliphatic carbocycles. The fraction of sp³-hybridized carbons (Fsp3) is 0.353. The quantitative estimate of drug-likeness (QED) is 0.800. The molecule has 0 bridgehead atoms. The van der Waals surface area contributed by atoms with Gasteiger partial charge >= 0.3 is 0 Å². The highest BCUT2D eigenvalue weighted by atomic mass is 32.1. The van der Waals surface area contributed by atoms with E-state index in [9.17, 15) is 4.79 Å². The van der Waals surface area contributed by atoms with E-state index in [1.807, 2.05) is 6.92 Å². The summed E-state index contributed by atoms with van der Waals surface area (Å²) < 4.78 is 1.36. The van der Waals surface area contributed by atoms with Gasteiger partial charge in [0.25, 0.3) is 5.56 Å². The first-order valence-corrected chi connectivity index (χ1v) is 8.42. The maximum atomic E-state index is 12.1. The van der Waals surface area contributed by atoms with Crippen molar-refractivity contribution in [3.05, 3.63) is 62.0 Å². The van der Waals surface area contributed by atoms with Gasteiger partial charge in [0, 0.05) is 18.7 Å². The highest BCUT2D eigenvalue weighted by molar-refractivity contribution is 7.16. The number of nitrogens with one attached hydrogen (secondary N) is 1. The normalized spacial score (nSPS) is 12.7.